The lowest BCUT2D eigenvalue weighted by molar-refractivity contribution is -0.131. The van der Waals surface area contributed by atoms with E-state index in [0.29, 0.717) is 30.1 Å². The van der Waals surface area contributed by atoms with E-state index in [4.69, 9.17) is 25.8 Å². The van der Waals surface area contributed by atoms with Crippen molar-refractivity contribution in [2.24, 2.45) is 5.92 Å². The average Bonchev–Trinajstić information content (AvgIpc) is 1.66. The minimum absolute atomic E-state index is 0.174. The number of aromatic amines is 4. The smallest absolute Gasteiger partial charge is 0.231 e. The van der Waals surface area contributed by atoms with Crippen LogP contribution < -0.4 is 14.2 Å². The number of amides is 1. The third kappa shape index (κ3) is 15.8. The summed E-state index contributed by atoms with van der Waals surface area (Å²) in [7, 11) is 0. The van der Waals surface area contributed by atoms with Gasteiger partial charge in [0.2, 0.25) is 12.7 Å². The molecule has 0 unspecified atom stereocenters. The van der Waals surface area contributed by atoms with Crippen molar-refractivity contribution in [2.75, 3.05) is 65.7 Å². The van der Waals surface area contributed by atoms with Crippen molar-refractivity contribution >= 4 is 61.5 Å². The Balaban J connectivity index is 0.000000108. The zero-order chi connectivity index (χ0) is 66.0. The summed E-state index contributed by atoms with van der Waals surface area (Å²) < 4.78 is 16.6. The topological polar surface area (TPSA) is 160 Å². The number of hydrogen-bond donors (Lipinski definition) is 4. The van der Waals surface area contributed by atoms with Crippen molar-refractivity contribution in [1.82, 2.24) is 54.5 Å². The predicted octanol–water partition coefficient (Wildman–Crippen LogP) is 17.3. The number of rotatable bonds is 14. The van der Waals surface area contributed by atoms with Crippen molar-refractivity contribution in [1.29, 1.82) is 0 Å². The molecule has 5 aliphatic heterocycles. The van der Waals surface area contributed by atoms with Crippen molar-refractivity contribution in [3.05, 3.63) is 245 Å². The first-order valence-corrected chi connectivity index (χ1v) is 35.9. The van der Waals surface area contributed by atoms with Crippen LogP contribution in [-0.2, 0) is 24.3 Å². The third-order valence-corrected chi connectivity index (χ3v) is 21.3. The van der Waals surface area contributed by atoms with Gasteiger partial charge in [0, 0.05) is 108 Å². The van der Waals surface area contributed by atoms with E-state index in [9.17, 15) is 4.79 Å². The van der Waals surface area contributed by atoms with Crippen molar-refractivity contribution in [3.63, 3.8) is 0 Å². The van der Waals surface area contributed by atoms with E-state index in [-0.39, 0.29) is 12.7 Å². The van der Waals surface area contributed by atoms with Crippen molar-refractivity contribution in [3.8, 4) is 23.0 Å². The number of carbonyl (C=O) groups excluding carboxylic acids is 1. The fourth-order valence-corrected chi connectivity index (χ4v) is 15.6. The maximum absolute atomic E-state index is 12.7. The number of pyridine rings is 3. The maximum Gasteiger partial charge on any atom is 0.231 e. The van der Waals surface area contributed by atoms with Crippen LogP contribution in [0.3, 0.4) is 0 Å². The summed E-state index contributed by atoms with van der Waals surface area (Å²) in [5.41, 5.74) is 13.5. The van der Waals surface area contributed by atoms with Gasteiger partial charge in [0.1, 0.15) is 28.4 Å². The molecule has 98 heavy (non-hydrogen) atoms. The Labute approximate surface area is 578 Å². The SMILES string of the molecule is Clc1ccc2[nH]cc(C3CCN(Cc4ccccc4)CC3)c2c1.O=C(Cc1ccc2c(c1)OCO2)N1CCC(c2c[nH]c3ncccc23)CC1.c1ccc(Oc2ccc(CN3CCC(c4c[nH]c5ncccc45)CC3)cc2)cc1.c1cnc2[nH]cc(C3CCN(CC4CC4)CC3)c2c1. The summed E-state index contributed by atoms with van der Waals surface area (Å²) in [6.45, 7) is 12.4. The molecule has 0 spiro atoms. The summed E-state index contributed by atoms with van der Waals surface area (Å²) in [4.78, 5) is 49.0. The Morgan fingerprint density at radius 2 is 0.898 bits per heavy atom. The molecule has 18 rings (SSSR count). The van der Waals surface area contributed by atoms with Gasteiger partial charge in [-0.1, -0.05) is 78.3 Å². The van der Waals surface area contributed by atoms with Crippen LogP contribution in [0, 0.1) is 5.92 Å². The highest BCUT2D eigenvalue weighted by molar-refractivity contribution is 6.31. The van der Waals surface area contributed by atoms with Gasteiger partial charge in [-0.15, -0.1) is 0 Å². The monoisotopic (exact) mass is 1330 g/mol. The van der Waals surface area contributed by atoms with Gasteiger partial charge in [0.05, 0.1) is 6.42 Å². The van der Waals surface area contributed by atoms with Gasteiger partial charge in [-0.25, -0.2) is 15.0 Å². The number of aromatic nitrogens is 7. The zero-order valence-electron chi connectivity index (χ0n) is 55.8. The number of likely N-dealkylation sites (tertiary alicyclic amines) is 4. The number of H-pyrrole nitrogens is 4. The molecule has 16 heteroatoms. The normalized spacial score (nSPS) is 17.5. The molecule has 12 heterocycles. The Bertz CT molecular complexity index is 4550. The van der Waals surface area contributed by atoms with Crippen LogP contribution >= 0.6 is 11.6 Å². The van der Waals surface area contributed by atoms with Gasteiger partial charge < -0.3 is 43.9 Å². The number of para-hydroxylation sites is 1. The molecular formula is C82H88ClN11O4. The fraction of sp³-hybridized carbons (Fsp3) is 0.341. The molecule has 1 amide bonds. The number of carbonyl (C=O) groups is 1. The number of hydrogen-bond acceptors (Lipinski definition) is 10. The Hall–Kier alpha value is -9.25. The second-order valence-electron chi connectivity index (χ2n) is 27.5. The summed E-state index contributed by atoms with van der Waals surface area (Å²) in [5.74, 6) is 6.86. The van der Waals surface area contributed by atoms with E-state index in [0.717, 1.165) is 122 Å². The maximum atomic E-state index is 12.7. The second kappa shape index (κ2) is 30.7. The van der Waals surface area contributed by atoms with E-state index in [1.165, 1.54) is 131 Å². The first-order valence-electron chi connectivity index (χ1n) is 35.5. The minimum atomic E-state index is 0.174. The Kier molecular flexibility index (Phi) is 20.3. The molecule has 502 valence electrons. The number of nitrogens with zero attached hydrogens (tertiary/aromatic N) is 7. The quantitative estimate of drug-likeness (QED) is 0.0825. The van der Waals surface area contributed by atoms with Crippen molar-refractivity contribution < 1.29 is 19.0 Å². The average molecular weight is 1330 g/mol. The highest BCUT2D eigenvalue weighted by Gasteiger charge is 2.30. The summed E-state index contributed by atoms with van der Waals surface area (Å²) >= 11 is 6.18. The summed E-state index contributed by atoms with van der Waals surface area (Å²) in [6, 6.07) is 53.5. The molecule has 4 N–H and O–H groups in total. The highest BCUT2D eigenvalue weighted by Crippen LogP contribution is 2.40. The van der Waals surface area contributed by atoms with Gasteiger partial charge in [-0.05, 0) is 263 Å². The molecule has 7 aromatic heterocycles. The van der Waals surface area contributed by atoms with E-state index in [1.54, 1.807) is 6.20 Å². The molecule has 6 aliphatic rings. The van der Waals surface area contributed by atoms with Gasteiger partial charge >= 0.3 is 0 Å². The second-order valence-corrected chi connectivity index (χ2v) is 28.0. The lowest BCUT2D eigenvalue weighted by atomic mass is 9.89. The van der Waals surface area contributed by atoms with E-state index < -0.39 is 0 Å². The van der Waals surface area contributed by atoms with Crippen molar-refractivity contribution in [2.45, 2.75) is 107 Å². The number of nitrogens with one attached hydrogen (secondary N) is 4. The predicted molar refractivity (Wildman–Crippen MR) is 391 cm³/mol. The number of fused-ring (bicyclic) bond motifs is 5. The number of piperidine rings is 4. The first kappa shape index (κ1) is 64.7. The molecule has 15 nitrogen and oxygen atoms in total. The summed E-state index contributed by atoms with van der Waals surface area (Å²) in [5, 5.41) is 5.91. The molecular weight excluding hydrogens is 1240 g/mol. The molecule has 0 bridgehead atoms. The molecule has 12 aromatic rings. The molecule has 1 saturated carbocycles. The third-order valence-electron chi connectivity index (χ3n) is 21.1. The molecule has 1 aliphatic carbocycles. The lowest BCUT2D eigenvalue weighted by Crippen LogP contribution is -2.38. The Morgan fingerprint density at radius 1 is 0.439 bits per heavy atom. The summed E-state index contributed by atoms with van der Waals surface area (Å²) in [6.07, 6.45) is 26.8. The van der Waals surface area contributed by atoms with E-state index in [2.05, 4.69) is 159 Å². The minimum Gasteiger partial charge on any atom is -0.457 e. The molecule has 5 aromatic carbocycles. The van der Waals surface area contributed by atoms with Gasteiger partial charge in [-0.2, -0.15) is 0 Å². The highest BCUT2D eigenvalue weighted by atomic mass is 35.5. The van der Waals surface area contributed by atoms with E-state index >= 15 is 0 Å². The van der Waals surface area contributed by atoms with Crippen LogP contribution in [0.15, 0.2) is 201 Å². The van der Waals surface area contributed by atoms with E-state index in [1.807, 2.05) is 90.1 Å². The van der Waals surface area contributed by atoms with Crippen LogP contribution in [0.5, 0.6) is 23.0 Å². The Morgan fingerprint density at radius 3 is 1.44 bits per heavy atom. The molecule has 0 radical (unpaired) electrons. The fourth-order valence-electron chi connectivity index (χ4n) is 15.5. The van der Waals surface area contributed by atoms with Crippen LogP contribution in [0.2, 0.25) is 5.02 Å². The van der Waals surface area contributed by atoms with Gasteiger partial charge in [0.15, 0.2) is 11.5 Å². The van der Waals surface area contributed by atoms with Gasteiger partial charge in [0.25, 0.3) is 0 Å². The number of ether oxygens (including phenoxy) is 3. The molecule has 4 saturated heterocycles. The van der Waals surface area contributed by atoms with Gasteiger partial charge in [-0.3, -0.25) is 14.6 Å². The number of halogens is 1. The number of benzene rings is 5. The zero-order valence-corrected chi connectivity index (χ0v) is 56.6. The van der Waals surface area contributed by atoms with Crippen LogP contribution in [0.1, 0.15) is 127 Å². The lowest BCUT2D eigenvalue weighted by Gasteiger charge is -2.32. The molecule has 5 fully saturated rings. The largest absolute Gasteiger partial charge is 0.457 e. The van der Waals surface area contributed by atoms with Crippen LogP contribution in [0.4, 0.5) is 0 Å². The van der Waals surface area contributed by atoms with Crippen LogP contribution in [-0.4, -0.2) is 126 Å². The standard InChI is InChI=1S/C25H25N3O.C21H21N3O3.C20H21ClN2.C16H21N3/c1-2-5-21(6-3-1)29-22-10-8-19(9-11-22)18-28-15-12-20(13-16-28)24-17-27-25-23(24)7-4-14-26-25;25-20(11-14-3-4-18-19(10-14)27-13-26-18)24-8-5-15(6-9-24)17-12-23-21-16(17)2-1-7-22-21;21-17-6-7-20-18(12-17)19(13-22-20)16-8-10-23(11-9-16)14-15-4-2-1-3-5-15;1-2-14-15(10-18-16(14)17-7-1)13-5-8-19(9-6-13)11-12-3-4-12/h1-11,14,17,20H,12-13,15-16,18H2,(H,26,27);1-4,7,10,12,15H,5-6,8-9,11,13H2,(H,22,23);1-7,12-13,16,22H,8-11,14H2;1-2,7,10,12-13H,3-6,8-9,11H2,(H,17,18). The molecule has 0 atom stereocenters. The first-order chi connectivity index (χ1) is 48.3. The van der Waals surface area contributed by atoms with Crippen LogP contribution in [0.25, 0.3) is 44.0 Å².